The molecular formula is C12H21N3O. The minimum absolute atomic E-state index is 0.0981. The summed E-state index contributed by atoms with van der Waals surface area (Å²) in [5, 5.41) is 0. The van der Waals surface area contributed by atoms with E-state index in [4.69, 9.17) is 10.5 Å². The maximum Gasteiger partial charge on any atom is 0.128 e. The van der Waals surface area contributed by atoms with Gasteiger partial charge >= 0.3 is 0 Å². The zero-order chi connectivity index (χ0) is 11.5. The fourth-order valence-electron chi connectivity index (χ4n) is 2.37. The average Bonchev–Trinajstić information content (AvgIpc) is 2.87. The van der Waals surface area contributed by atoms with Crippen LogP contribution in [-0.2, 0) is 11.3 Å². The molecule has 1 aliphatic heterocycles. The standard InChI is InChI=1S/C12H21N3O/c1-3-6-15-7-5-14-12(15)10(13)11-9(2)4-8-16-11/h5,7,9-11H,3-4,6,8,13H2,1-2H3. The third-order valence-corrected chi connectivity index (χ3v) is 3.31. The first kappa shape index (κ1) is 11.6. The van der Waals surface area contributed by atoms with E-state index >= 15 is 0 Å². The lowest BCUT2D eigenvalue weighted by molar-refractivity contribution is 0.0691. The van der Waals surface area contributed by atoms with Crippen LogP contribution in [0.4, 0.5) is 0 Å². The molecule has 1 aromatic rings. The lowest BCUT2D eigenvalue weighted by atomic mass is 9.97. The molecule has 1 fully saturated rings. The van der Waals surface area contributed by atoms with Gasteiger partial charge in [0.2, 0.25) is 0 Å². The van der Waals surface area contributed by atoms with Crippen LogP contribution in [0, 0.1) is 5.92 Å². The Labute approximate surface area is 96.8 Å². The molecule has 1 aliphatic rings. The lowest BCUT2D eigenvalue weighted by Gasteiger charge is -2.22. The Balaban J connectivity index is 2.13. The van der Waals surface area contributed by atoms with Crippen molar-refractivity contribution in [1.29, 1.82) is 0 Å². The van der Waals surface area contributed by atoms with Crippen molar-refractivity contribution in [1.82, 2.24) is 9.55 Å². The monoisotopic (exact) mass is 223 g/mol. The molecule has 0 bridgehead atoms. The number of nitrogens with zero attached hydrogens (tertiary/aromatic N) is 2. The zero-order valence-corrected chi connectivity index (χ0v) is 10.1. The smallest absolute Gasteiger partial charge is 0.128 e. The Morgan fingerprint density at radius 1 is 1.69 bits per heavy atom. The van der Waals surface area contributed by atoms with Crippen molar-refractivity contribution in [3.8, 4) is 0 Å². The molecule has 90 valence electrons. The summed E-state index contributed by atoms with van der Waals surface area (Å²) in [5.41, 5.74) is 6.26. The molecule has 4 nitrogen and oxygen atoms in total. The first-order valence-corrected chi connectivity index (χ1v) is 6.12. The highest BCUT2D eigenvalue weighted by Crippen LogP contribution is 2.28. The van der Waals surface area contributed by atoms with Gasteiger partial charge in [0.15, 0.2) is 0 Å². The molecule has 0 saturated carbocycles. The van der Waals surface area contributed by atoms with Crippen LogP contribution in [0.3, 0.4) is 0 Å². The Morgan fingerprint density at radius 3 is 3.12 bits per heavy atom. The van der Waals surface area contributed by atoms with Crippen molar-refractivity contribution in [2.24, 2.45) is 11.7 Å². The molecule has 0 spiro atoms. The van der Waals surface area contributed by atoms with Crippen molar-refractivity contribution in [2.75, 3.05) is 6.61 Å². The molecule has 2 heterocycles. The minimum atomic E-state index is -0.0981. The zero-order valence-electron chi connectivity index (χ0n) is 10.1. The molecule has 2 rings (SSSR count). The molecule has 3 unspecified atom stereocenters. The molecule has 0 aromatic carbocycles. The van der Waals surface area contributed by atoms with Gasteiger partial charge in [0.25, 0.3) is 0 Å². The predicted molar refractivity (Wildman–Crippen MR) is 63.0 cm³/mol. The molecule has 1 aromatic heterocycles. The normalized spacial score (nSPS) is 27.2. The average molecular weight is 223 g/mol. The van der Waals surface area contributed by atoms with Gasteiger partial charge in [-0.05, 0) is 18.8 Å². The molecule has 0 radical (unpaired) electrons. The molecule has 16 heavy (non-hydrogen) atoms. The fourth-order valence-corrected chi connectivity index (χ4v) is 2.37. The Bertz CT molecular complexity index is 337. The lowest BCUT2D eigenvalue weighted by Crippen LogP contribution is -2.32. The first-order valence-electron chi connectivity index (χ1n) is 6.12. The second kappa shape index (κ2) is 4.97. The van der Waals surface area contributed by atoms with Crippen molar-refractivity contribution < 1.29 is 4.74 Å². The van der Waals surface area contributed by atoms with Gasteiger partial charge < -0.3 is 15.0 Å². The summed E-state index contributed by atoms with van der Waals surface area (Å²) < 4.78 is 7.84. The van der Waals surface area contributed by atoms with Gasteiger partial charge in [-0.2, -0.15) is 0 Å². The third kappa shape index (κ3) is 2.13. The largest absolute Gasteiger partial charge is 0.376 e. The minimum Gasteiger partial charge on any atom is -0.376 e. The van der Waals surface area contributed by atoms with E-state index in [9.17, 15) is 0 Å². The quantitative estimate of drug-likeness (QED) is 0.845. The number of aromatic nitrogens is 2. The SMILES string of the molecule is CCCn1ccnc1C(N)C1OCCC1C. The molecule has 4 heteroatoms. The Hall–Kier alpha value is -0.870. The van der Waals surface area contributed by atoms with Gasteiger partial charge in [-0.15, -0.1) is 0 Å². The summed E-state index contributed by atoms with van der Waals surface area (Å²) in [4.78, 5) is 4.37. The number of hydrogen-bond acceptors (Lipinski definition) is 3. The van der Waals surface area contributed by atoms with Crippen molar-refractivity contribution in [3.05, 3.63) is 18.2 Å². The maximum absolute atomic E-state index is 6.26. The Kier molecular flexibility index (Phi) is 3.61. The maximum atomic E-state index is 6.26. The van der Waals surface area contributed by atoms with Gasteiger partial charge in [0.1, 0.15) is 5.82 Å². The van der Waals surface area contributed by atoms with E-state index in [1.165, 1.54) is 0 Å². The molecule has 3 atom stereocenters. The van der Waals surface area contributed by atoms with E-state index in [2.05, 4.69) is 23.4 Å². The van der Waals surface area contributed by atoms with Gasteiger partial charge in [-0.1, -0.05) is 13.8 Å². The van der Waals surface area contributed by atoms with Gasteiger partial charge in [-0.3, -0.25) is 0 Å². The molecule has 0 aliphatic carbocycles. The molecule has 2 N–H and O–H groups in total. The van der Waals surface area contributed by atoms with E-state index < -0.39 is 0 Å². The van der Waals surface area contributed by atoms with Crippen molar-refractivity contribution in [3.63, 3.8) is 0 Å². The topological polar surface area (TPSA) is 53.1 Å². The number of rotatable bonds is 4. The van der Waals surface area contributed by atoms with Gasteiger partial charge in [-0.25, -0.2) is 4.98 Å². The van der Waals surface area contributed by atoms with E-state index in [0.717, 1.165) is 31.8 Å². The highest BCUT2D eigenvalue weighted by Gasteiger charge is 2.32. The van der Waals surface area contributed by atoms with Crippen LogP contribution < -0.4 is 5.73 Å². The van der Waals surface area contributed by atoms with Gasteiger partial charge in [0.05, 0.1) is 12.1 Å². The van der Waals surface area contributed by atoms with Crippen LogP contribution in [0.5, 0.6) is 0 Å². The van der Waals surface area contributed by atoms with E-state index in [0.29, 0.717) is 5.92 Å². The van der Waals surface area contributed by atoms with Crippen LogP contribution in [0.15, 0.2) is 12.4 Å². The summed E-state index contributed by atoms with van der Waals surface area (Å²) in [6.45, 7) is 6.16. The van der Waals surface area contributed by atoms with Crippen LogP contribution in [0.2, 0.25) is 0 Å². The highest BCUT2D eigenvalue weighted by molar-refractivity contribution is 5.03. The van der Waals surface area contributed by atoms with E-state index in [1.807, 2.05) is 12.4 Å². The second-order valence-electron chi connectivity index (χ2n) is 4.61. The summed E-state index contributed by atoms with van der Waals surface area (Å²) in [7, 11) is 0. The van der Waals surface area contributed by atoms with Gasteiger partial charge in [0, 0.05) is 25.5 Å². The number of nitrogens with two attached hydrogens (primary N) is 1. The van der Waals surface area contributed by atoms with Crippen molar-refractivity contribution in [2.45, 2.75) is 45.4 Å². The van der Waals surface area contributed by atoms with Crippen LogP contribution in [0.1, 0.15) is 38.6 Å². The van der Waals surface area contributed by atoms with Crippen LogP contribution in [0.25, 0.3) is 0 Å². The highest BCUT2D eigenvalue weighted by atomic mass is 16.5. The number of ether oxygens (including phenoxy) is 1. The third-order valence-electron chi connectivity index (χ3n) is 3.31. The summed E-state index contributed by atoms with van der Waals surface area (Å²) >= 11 is 0. The second-order valence-corrected chi connectivity index (χ2v) is 4.61. The molecule has 1 saturated heterocycles. The first-order chi connectivity index (χ1) is 7.74. The number of imidazole rings is 1. The summed E-state index contributed by atoms with van der Waals surface area (Å²) in [5.74, 6) is 1.49. The number of hydrogen-bond donors (Lipinski definition) is 1. The van der Waals surface area contributed by atoms with E-state index in [1.54, 1.807) is 0 Å². The predicted octanol–water partition coefficient (Wildman–Crippen LogP) is 1.72. The molecular weight excluding hydrogens is 202 g/mol. The van der Waals surface area contributed by atoms with Crippen molar-refractivity contribution >= 4 is 0 Å². The molecule has 0 amide bonds. The fraction of sp³-hybridized carbons (Fsp3) is 0.750. The van der Waals surface area contributed by atoms with E-state index in [-0.39, 0.29) is 12.1 Å². The summed E-state index contributed by atoms with van der Waals surface area (Å²) in [6, 6.07) is -0.0981. The number of aryl methyl sites for hydroxylation is 1. The Morgan fingerprint density at radius 2 is 2.50 bits per heavy atom. The summed E-state index contributed by atoms with van der Waals surface area (Å²) in [6.07, 6.45) is 6.14. The van der Waals surface area contributed by atoms with Crippen LogP contribution >= 0.6 is 0 Å². The van der Waals surface area contributed by atoms with Crippen LogP contribution in [-0.4, -0.2) is 22.3 Å².